The number of imidazole rings is 1. The topological polar surface area (TPSA) is 92.1 Å². The van der Waals surface area contributed by atoms with Crippen LogP contribution in [0.2, 0.25) is 0 Å². The maximum atomic E-state index is 13.1. The Bertz CT molecular complexity index is 1350. The molecule has 4 aliphatic rings. The first-order valence-electron chi connectivity index (χ1n) is 11.0. The highest BCUT2D eigenvalue weighted by Gasteiger charge is 2.40. The molecular formula is C24H21ClN6O3. The zero-order valence-corrected chi connectivity index (χ0v) is 19.1. The number of imide groups is 1. The number of nitrogens with zero attached hydrogens (tertiary/aromatic N) is 5. The van der Waals surface area contributed by atoms with Gasteiger partial charge in [0.25, 0.3) is 11.8 Å². The second-order valence-corrected chi connectivity index (χ2v) is 8.78. The third-order valence-corrected chi connectivity index (χ3v) is 6.81. The number of carbonyl (C=O) groups is 2. The van der Waals surface area contributed by atoms with Crippen molar-refractivity contribution in [2.75, 3.05) is 23.0 Å². The van der Waals surface area contributed by atoms with E-state index in [1.165, 1.54) is 9.98 Å². The van der Waals surface area contributed by atoms with Crippen molar-refractivity contribution in [3.8, 4) is 0 Å². The number of hydrogen-bond donors (Lipinski definition) is 1. The summed E-state index contributed by atoms with van der Waals surface area (Å²) in [6, 6.07) is 6.25. The van der Waals surface area contributed by atoms with E-state index >= 15 is 0 Å². The standard InChI is InChI=1S/C24H21ClN6O3/c1-34-11-6-15-12-14-4-2-5-16-20(26-7-10-29(15)21(14)16)19-18(22(32)28-23(19)33)17-13-27-24-30(17)8-3-9-31(24)25/h2-5,7,9-10,13,15H,6,8,11-12H2,1H3,(H,28,32,33). The number of carbonyl (C=O) groups excluding carboxylic acids is 2. The van der Waals surface area contributed by atoms with Gasteiger partial charge < -0.3 is 14.2 Å². The minimum atomic E-state index is -0.475. The highest BCUT2D eigenvalue weighted by Crippen LogP contribution is 2.41. The molecule has 0 spiro atoms. The van der Waals surface area contributed by atoms with Gasteiger partial charge in [-0.15, -0.1) is 0 Å². The number of ether oxygens (including phenoxy) is 1. The molecule has 0 saturated carbocycles. The predicted octanol–water partition coefficient (Wildman–Crippen LogP) is 2.52. The van der Waals surface area contributed by atoms with Crippen LogP contribution in [-0.4, -0.2) is 46.8 Å². The van der Waals surface area contributed by atoms with Gasteiger partial charge in [0.2, 0.25) is 5.95 Å². The smallest absolute Gasteiger partial charge is 0.261 e. The zero-order valence-electron chi connectivity index (χ0n) is 18.4. The minimum absolute atomic E-state index is 0.234. The molecular weight excluding hydrogens is 456 g/mol. The van der Waals surface area contributed by atoms with E-state index < -0.39 is 11.8 Å². The summed E-state index contributed by atoms with van der Waals surface area (Å²) in [5.41, 5.74) is 4.47. The summed E-state index contributed by atoms with van der Waals surface area (Å²) >= 11 is 6.23. The van der Waals surface area contributed by atoms with E-state index in [2.05, 4.69) is 26.3 Å². The van der Waals surface area contributed by atoms with Crippen molar-refractivity contribution in [3.63, 3.8) is 0 Å². The molecule has 1 aromatic heterocycles. The van der Waals surface area contributed by atoms with Gasteiger partial charge in [-0.25, -0.2) is 9.40 Å². The van der Waals surface area contributed by atoms with Crippen LogP contribution in [0.25, 0.3) is 5.57 Å². The molecule has 0 radical (unpaired) electrons. The van der Waals surface area contributed by atoms with E-state index in [9.17, 15) is 9.59 Å². The second-order valence-electron chi connectivity index (χ2n) is 8.42. The number of methoxy groups -OCH3 is 1. The van der Waals surface area contributed by atoms with Crippen LogP contribution >= 0.6 is 11.8 Å². The van der Waals surface area contributed by atoms with Crippen LogP contribution in [0.1, 0.15) is 23.2 Å². The Labute approximate surface area is 200 Å². The fourth-order valence-corrected chi connectivity index (χ4v) is 5.29. The van der Waals surface area contributed by atoms with Crippen molar-refractivity contribution in [1.29, 1.82) is 0 Å². The third-order valence-electron chi connectivity index (χ3n) is 6.54. The Morgan fingerprint density at radius 2 is 2.06 bits per heavy atom. The van der Waals surface area contributed by atoms with E-state index in [0.29, 0.717) is 30.5 Å². The number of allylic oxidation sites excluding steroid dienone is 1. The summed E-state index contributed by atoms with van der Waals surface area (Å²) < 4.78 is 8.47. The number of amides is 2. The maximum absolute atomic E-state index is 13.1. The van der Waals surface area contributed by atoms with Gasteiger partial charge in [0, 0.05) is 62.2 Å². The summed E-state index contributed by atoms with van der Waals surface area (Å²) in [5, 5.41) is 2.46. The molecule has 1 aromatic carbocycles. The number of para-hydroxylation sites is 1. The Hall–Kier alpha value is -3.69. The summed E-state index contributed by atoms with van der Waals surface area (Å²) in [6.45, 7) is 1.13. The van der Waals surface area contributed by atoms with Crippen LogP contribution in [0.4, 0.5) is 11.6 Å². The molecule has 0 bridgehead atoms. The molecule has 1 N–H and O–H groups in total. The molecule has 0 fully saturated rings. The average Bonchev–Trinajstić information content (AvgIpc) is 3.44. The summed E-state index contributed by atoms with van der Waals surface area (Å²) in [6.07, 6.45) is 10.5. The van der Waals surface area contributed by atoms with Gasteiger partial charge in [-0.3, -0.25) is 19.9 Å². The molecule has 2 amide bonds. The summed E-state index contributed by atoms with van der Waals surface area (Å²) in [4.78, 5) is 37.4. The summed E-state index contributed by atoms with van der Waals surface area (Å²) in [7, 11) is 1.70. The lowest BCUT2D eigenvalue weighted by Gasteiger charge is -2.24. The van der Waals surface area contributed by atoms with Crippen LogP contribution in [0.15, 0.2) is 59.6 Å². The number of halogens is 1. The number of aromatic nitrogens is 2. The molecule has 6 rings (SSSR count). The van der Waals surface area contributed by atoms with Crippen molar-refractivity contribution < 1.29 is 14.3 Å². The van der Waals surface area contributed by atoms with Crippen LogP contribution in [0, 0.1) is 0 Å². The zero-order chi connectivity index (χ0) is 23.4. The first kappa shape index (κ1) is 20.9. The van der Waals surface area contributed by atoms with Gasteiger partial charge in [-0.1, -0.05) is 18.2 Å². The molecule has 4 aliphatic heterocycles. The Kier molecular flexibility index (Phi) is 4.89. The molecule has 9 nitrogen and oxygen atoms in total. The number of benzene rings is 1. The number of fused-ring (bicyclic) bond motifs is 1. The molecule has 34 heavy (non-hydrogen) atoms. The fourth-order valence-electron chi connectivity index (χ4n) is 5.08. The molecule has 172 valence electrons. The molecule has 0 saturated heterocycles. The van der Waals surface area contributed by atoms with Gasteiger partial charge in [0.15, 0.2) is 0 Å². The number of hydrogen-bond acceptors (Lipinski definition) is 7. The molecule has 0 aliphatic carbocycles. The average molecular weight is 477 g/mol. The van der Waals surface area contributed by atoms with Gasteiger partial charge in [0.05, 0.1) is 34.4 Å². The van der Waals surface area contributed by atoms with Crippen molar-refractivity contribution in [3.05, 3.63) is 71.5 Å². The van der Waals surface area contributed by atoms with Crippen LogP contribution in [0.3, 0.4) is 0 Å². The van der Waals surface area contributed by atoms with Gasteiger partial charge >= 0.3 is 0 Å². The molecule has 1 atom stereocenters. The van der Waals surface area contributed by atoms with Crippen LogP contribution in [0.5, 0.6) is 0 Å². The summed E-state index contributed by atoms with van der Waals surface area (Å²) in [5.74, 6) is -0.470. The van der Waals surface area contributed by atoms with Crippen LogP contribution in [-0.2, 0) is 27.3 Å². The Morgan fingerprint density at radius 1 is 1.21 bits per heavy atom. The maximum Gasteiger partial charge on any atom is 0.261 e. The van der Waals surface area contributed by atoms with Gasteiger partial charge in [-0.05, 0) is 24.5 Å². The van der Waals surface area contributed by atoms with Gasteiger partial charge in [0.1, 0.15) is 0 Å². The largest absolute Gasteiger partial charge is 0.385 e. The number of anilines is 2. The number of aliphatic imine (C=N–C) groups is 1. The fraction of sp³-hybridized carbons (Fsp3) is 0.250. The van der Waals surface area contributed by atoms with Crippen molar-refractivity contribution >= 4 is 46.5 Å². The number of nitrogens with one attached hydrogen (secondary N) is 1. The van der Waals surface area contributed by atoms with E-state index in [-0.39, 0.29) is 17.2 Å². The quantitative estimate of drug-likeness (QED) is 0.526. The normalized spacial score (nSPS) is 20.5. The van der Waals surface area contributed by atoms with E-state index in [1.807, 2.05) is 24.4 Å². The predicted molar refractivity (Wildman–Crippen MR) is 128 cm³/mol. The lowest BCUT2D eigenvalue weighted by molar-refractivity contribution is -0.123. The lowest BCUT2D eigenvalue weighted by atomic mass is 9.94. The molecule has 1 unspecified atom stereocenters. The van der Waals surface area contributed by atoms with Crippen molar-refractivity contribution in [1.82, 2.24) is 14.9 Å². The Balaban J connectivity index is 1.51. The van der Waals surface area contributed by atoms with E-state index in [4.69, 9.17) is 16.5 Å². The highest BCUT2D eigenvalue weighted by atomic mass is 35.5. The second kappa shape index (κ2) is 7.96. The van der Waals surface area contributed by atoms with Crippen molar-refractivity contribution in [2.45, 2.75) is 25.4 Å². The SMILES string of the molecule is COCCC1Cc2cccc3c2N1C=CN=C3C1=C(c2cnc3n2CC=CN3Cl)C(=O)NC1=O. The first-order valence-corrected chi connectivity index (χ1v) is 11.3. The molecule has 10 heteroatoms. The van der Waals surface area contributed by atoms with Gasteiger partial charge in [-0.2, -0.15) is 0 Å². The van der Waals surface area contributed by atoms with E-state index in [1.54, 1.807) is 30.3 Å². The minimum Gasteiger partial charge on any atom is -0.385 e. The van der Waals surface area contributed by atoms with E-state index in [0.717, 1.165) is 24.1 Å². The lowest BCUT2D eigenvalue weighted by Crippen LogP contribution is -2.28. The Morgan fingerprint density at radius 3 is 2.91 bits per heavy atom. The highest BCUT2D eigenvalue weighted by molar-refractivity contribution is 6.47. The number of rotatable bonds is 5. The van der Waals surface area contributed by atoms with Crippen molar-refractivity contribution in [2.24, 2.45) is 4.99 Å². The molecule has 2 aromatic rings. The van der Waals surface area contributed by atoms with Crippen LogP contribution < -0.4 is 14.6 Å². The monoisotopic (exact) mass is 476 g/mol. The third kappa shape index (κ3) is 3.04. The first-order chi connectivity index (χ1) is 16.6. The molecule has 5 heterocycles.